The Morgan fingerprint density at radius 2 is 2.03 bits per heavy atom. The fourth-order valence-electron chi connectivity index (χ4n) is 3.24. The zero-order valence-corrected chi connectivity index (χ0v) is 19.1. The third-order valence-corrected chi connectivity index (χ3v) is 7.72. The maximum absolute atomic E-state index is 12.9. The highest BCUT2D eigenvalue weighted by Gasteiger charge is 2.33. The number of carboxylic acid groups (broad SMARTS) is 1. The van der Waals surface area contributed by atoms with E-state index in [1.165, 1.54) is 36.1 Å². The van der Waals surface area contributed by atoms with Gasteiger partial charge in [0.25, 0.3) is 11.8 Å². The maximum atomic E-state index is 12.9. The molecule has 2 heterocycles. The summed E-state index contributed by atoms with van der Waals surface area (Å²) in [4.78, 5) is 37.2. The molecule has 32 heavy (non-hydrogen) atoms. The summed E-state index contributed by atoms with van der Waals surface area (Å²) in [7, 11) is -4.33. The number of rotatable bonds is 8. The van der Waals surface area contributed by atoms with Crippen LogP contribution in [-0.2, 0) is 19.6 Å². The van der Waals surface area contributed by atoms with Gasteiger partial charge in [0.2, 0.25) is 10.0 Å². The van der Waals surface area contributed by atoms with Gasteiger partial charge in [-0.2, -0.15) is 4.72 Å². The summed E-state index contributed by atoms with van der Waals surface area (Å²) >= 11 is 6.78. The lowest BCUT2D eigenvalue weighted by molar-refractivity contribution is -0.138. The molecule has 10 nitrogen and oxygen atoms in total. The Morgan fingerprint density at radius 3 is 2.59 bits per heavy atom. The molecule has 1 aromatic heterocycles. The number of carboxylic acids is 1. The minimum absolute atomic E-state index is 0.216. The number of thiophene rings is 1. The molecule has 1 saturated heterocycles. The summed E-state index contributed by atoms with van der Waals surface area (Å²) in [5.74, 6) is -2.60. The van der Waals surface area contributed by atoms with Gasteiger partial charge in [-0.1, -0.05) is 17.7 Å². The van der Waals surface area contributed by atoms with Crippen molar-refractivity contribution in [3.05, 3.63) is 45.1 Å². The van der Waals surface area contributed by atoms with Crippen LogP contribution in [0.25, 0.3) is 0 Å². The van der Waals surface area contributed by atoms with Crippen LogP contribution >= 0.6 is 22.9 Å². The lowest BCUT2D eigenvalue weighted by Crippen LogP contribution is -2.48. The minimum atomic E-state index is -4.33. The lowest BCUT2D eigenvalue weighted by Gasteiger charge is -2.21. The second-order valence-electron chi connectivity index (χ2n) is 7.02. The van der Waals surface area contributed by atoms with Gasteiger partial charge >= 0.3 is 5.97 Å². The van der Waals surface area contributed by atoms with Gasteiger partial charge in [0.05, 0.1) is 14.1 Å². The first-order valence-electron chi connectivity index (χ1n) is 9.39. The molecular weight excluding hydrogens is 482 g/mol. The summed E-state index contributed by atoms with van der Waals surface area (Å²) < 4.78 is 28.3. The van der Waals surface area contributed by atoms with Crippen molar-refractivity contribution in [3.8, 4) is 0 Å². The molecule has 13 heteroatoms. The zero-order valence-electron chi connectivity index (χ0n) is 16.7. The molecule has 0 saturated carbocycles. The van der Waals surface area contributed by atoms with E-state index in [1.54, 1.807) is 6.07 Å². The summed E-state index contributed by atoms with van der Waals surface area (Å²) in [6, 6.07) is 5.59. The van der Waals surface area contributed by atoms with Gasteiger partial charge in [0.15, 0.2) is 0 Å². The molecule has 1 aliphatic heterocycles. The van der Waals surface area contributed by atoms with Crippen molar-refractivity contribution >= 4 is 56.4 Å². The Hall–Kier alpha value is -2.51. The second-order valence-corrected chi connectivity index (χ2v) is 10.4. The number of carbonyl (C=O) groups excluding carboxylic acids is 2. The molecule has 2 atom stereocenters. The van der Waals surface area contributed by atoms with E-state index in [2.05, 4.69) is 10.0 Å². The largest absolute Gasteiger partial charge is 0.480 e. The molecular formula is C19H20ClN3O7S2. The van der Waals surface area contributed by atoms with Crippen LogP contribution in [0.2, 0.25) is 4.34 Å². The molecule has 1 aliphatic rings. The van der Waals surface area contributed by atoms with Crippen molar-refractivity contribution in [1.29, 1.82) is 0 Å². The Labute approximate surface area is 192 Å². The van der Waals surface area contributed by atoms with Gasteiger partial charge in [-0.3, -0.25) is 14.4 Å². The third-order valence-electron chi connectivity index (χ3n) is 4.87. The fourth-order valence-corrected chi connectivity index (χ4v) is 5.65. The average molecular weight is 502 g/mol. The summed E-state index contributed by atoms with van der Waals surface area (Å²) in [5, 5.41) is 21.5. The number of halogens is 1. The van der Waals surface area contributed by atoms with Crippen molar-refractivity contribution in [1.82, 2.24) is 10.0 Å². The standard InChI is InChI=1S/C19H20ClN3O7S2/c1-10-12(23-8-7-13(24)18(23)26)3-2-4-15(10)32(29,30)22-11(19(27)28)9-21-17(25)14-5-6-16(20)31-14/h2-6,11,13,22,24H,7-9H2,1H3,(H,21,25)(H,27,28)/t11-,13-/m0/s1. The number of aliphatic hydroxyl groups is 1. The highest BCUT2D eigenvalue weighted by molar-refractivity contribution is 7.89. The first-order chi connectivity index (χ1) is 15.0. The highest BCUT2D eigenvalue weighted by Crippen LogP contribution is 2.29. The van der Waals surface area contributed by atoms with E-state index >= 15 is 0 Å². The number of nitrogens with one attached hydrogen (secondary N) is 2. The molecule has 0 spiro atoms. The van der Waals surface area contributed by atoms with Crippen LogP contribution < -0.4 is 14.9 Å². The van der Waals surface area contributed by atoms with E-state index in [9.17, 15) is 33.0 Å². The van der Waals surface area contributed by atoms with E-state index in [-0.39, 0.29) is 28.3 Å². The van der Waals surface area contributed by atoms with E-state index < -0.39 is 46.5 Å². The van der Waals surface area contributed by atoms with E-state index in [0.29, 0.717) is 10.0 Å². The average Bonchev–Trinajstić information content (AvgIpc) is 3.30. The molecule has 1 aromatic carbocycles. The normalized spacial score (nSPS) is 17.4. The highest BCUT2D eigenvalue weighted by atomic mass is 35.5. The molecule has 0 aliphatic carbocycles. The second kappa shape index (κ2) is 9.55. The zero-order chi connectivity index (χ0) is 23.6. The SMILES string of the molecule is Cc1c(N2CC[C@H](O)C2=O)cccc1S(=O)(=O)N[C@@H](CNC(=O)c1ccc(Cl)s1)C(=O)O. The van der Waals surface area contributed by atoms with Gasteiger partial charge < -0.3 is 20.4 Å². The lowest BCUT2D eigenvalue weighted by atomic mass is 10.2. The first kappa shape index (κ1) is 24.1. The van der Waals surface area contributed by atoms with Crippen molar-refractivity contribution in [3.63, 3.8) is 0 Å². The molecule has 172 valence electrons. The van der Waals surface area contributed by atoms with E-state index in [4.69, 9.17) is 11.6 Å². The van der Waals surface area contributed by atoms with Crippen LogP contribution in [0.3, 0.4) is 0 Å². The number of aliphatic hydroxyl groups excluding tert-OH is 1. The predicted octanol–water partition coefficient (Wildman–Crippen LogP) is 0.969. The van der Waals surface area contributed by atoms with Crippen molar-refractivity contribution in [2.75, 3.05) is 18.0 Å². The van der Waals surface area contributed by atoms with Crippen LogP contribution in [0.15, 0.2) is 35.2 Å². The quantitative estimate of drug-likeness (QED) is 0.420. The summed E-state index contributed by atoms with van der Waals surface area (Å²) in [6.45, 7) is 1.21. The maximum Gasteiger partial charge on any atom is 0.323 e. The summed E-state index contributed by atoms with van der Waals surface area (Å²) in [5.41, 5.74) is 0.535. The number of anilines is 1. The number of amides is 2. The molecule has 3 rings (SSSR count). The number of hydrogen-bond acceptors (Lipinski definition) is 7. The van der Waals surface area contributed by atoms with E-state index in [1.807, 2.05) is 0 Å². The molecule has 2 amide bonds. The molecule has 0 radical (unpaired) electrons. The minimum Gasteiger partial charge on any atom is -0.480 e. The molecule has 1 fully saturated rings. The van der Waals surface area contributed by atoms with Crippen molar-refractivity contribution < 1.29 is 33.0 Å². The van der Waals surface area contributed by atoms with Crippen molar-refractivity contribution in [2.24, 2.45) is 0 Å². The van der Waals surface area contributed by atoms with Crippen LogP contribution in [0.5, 0.6) is 0 Å². The monoisotopic (exact) mass is 501 g/mol. The number of carbonyl (C=O) groups is 3. The Kier molecular flexibility index (Phi) is 7.20. The fraction of sp³-hybridized carbons (Fsp3) is 0.316. The topological polar surface area (TPSA) is 153 Å². The molecule has 0 unspecified atom stereocenters. The number of sulfonamides is 1. The Bertz CT molecular complexity index is 1170. The van der Waals surface area contributed by atoms with Crippen LogP contribution in [-0.4, -0.2) is 61.6 Å². The Morgan fingerprint density at radius 1 is 1.31 bits per heavy atom. The van der Waals surface area contributed by atoms with Gasteiger partial charge in [0, 0.05) is 25.2 Å². The number of aliphatic carboxylic acids is 1. The first-order valence-corrected chi connectivity index (χ1v) is 12.1. The summed E-state index contributed by atoms with van der Waals surface area (Å²) in [6.07, 6.45) is -0.921. The predicted molar refractivity (Wildman–Crippen MR) is 118 cm³/mol. The van der Waals surface area contributed by atoms with Crippen LogP contribution in [0, 0.1) is 6.92 Å². The molecule has 4 N–H and O–H groups in total. The van der Waals surface area contributed by atoms with Gasteiger partial charge in [-0.15, -0.1) is 11.3 Å². The third kappa shape index (κ3) is 5.10. The van der Waals surface area contributed by atoms with Gasteiger partial charge in [0.1, 0.15) is 12.1 Å². The van der Waals surface area contributed by atoms with Gasteiger partial charge in [-0.05, 0) is 36.8 Å². The van der Waals surface area contributed by atoms with Crippen LogP contribution in [0.4, 0.5) is 5.69 Å². The number of nitrogens with zero attached hydrogens (tertiary/aromatic N) is 1. The van der Waals surface area contributed by atoms with Crippen molar-refractivity contribution in [2.45, 2.75) is 30.4 Å². The number of benzene rings is 1. The van der Waals surface area contributed by atoms with E-state index in [0.717, 1.165) is 11.3 Å². The van der Waals surface area contributed by atoms with Gasteiger partial charge in [-0.25, -0.2) is 8.42 Å². The Balaban J connectivity index is 1.79. The molecule has 2 aromatic rings. The number of hydrogen-bond donors (Lipinski definition) is 4. The smallest absolute Gasteiger partial charge is 0.323 e. The molecule has 0 bridgehead atoms. The van der Waals surface area contributed by atoms with Crippen LogP contribution in [0.1, 0.15) is 21.7 Å².